The van der Waals surface area contributed by atoms with E-state index < -0.39 is 23.9 Å². The van der Waals surface area contributed by atoms with E-state index in [2.05, 4.69) is 0 Å². The van der Waals surface area contributed by atoms with Crippen LogP contribution in [-0.2, 0) is 11.0 Å². The highest BCUT2D eigenvalue weighted by Crippen LogP contribution is 2.40. The number of aliphatic hydroxyl groups excluding tert-OH is 1. The second-order valence-electron chi connectivity index (χ2n) is 6.55. The summed E-state index contributed by atoms with van der Waals surface area (Å²) < 4.78 is 39.8. The van der Waals surface area contributed by atoms with E-state index in [4.69, 9.17) is 0 Å². The smallest absolute Gasteiger partial charge is 0.391 e. The van der Waals surface area contributed by atoms with Gasteiger partial charge in [0.05, 0.1) is 24.3 Å². The molecule has 2 atom stereocenters. The van der Waals surface area contributed by atoms with Gasteiger partial charge in [-0.05, 0) is 38.9 Å². The van der Waals surface area contributed by atoms with Crippen LogP contribution in [0.25, 0.3) is 0 Å². The molecule has 1 heterocycles. The molecule has 7 heteroatoms. The van der Waals surface area contributed by atoms with Crippen LogP contribution >= 0.6 is 0 Å². The van der Waals surface area contributed by atoms with Crippen LogP contribution in [0, 0.1) is 0 Å². The number of β-amino-alcohol motifs (C(OH)–C–C–N with tert-alkyl or cyclic N) is 1. The maximum Gasteiger partial charge on any atom is 0.416 e. The van der Waals surface area contributed by atoms with Gasteiger partial charge < -0.3 is 10.0 Å². The average molecular weight is 344 g/mol. The number of likely N-dealkylation sites (tertiary alicyclic amines) is 1. The molecule has 0 spiro atoms. The zero-order chi connectivity index (χ0) is 18.1. The molecular formula is C17H23F3N2O2. The molecule has 0 aromatic heterocycles. The number of carbonyl (C=O) groups is 1. The van der Waals surface area contributed by atoms with Crippen molar-refractivity contribution in [1.29, 1.82) is 0 Å². The van der Waals surface area contributed by atoms with E-state index >= 15 is 0 Å². The zero-order valence-corrected chi connectivity index (χ0v) is 14.0. The summed E-state index contributed by atoms with van der Waals surface area (Å²) in [4.78, 5) is 15.7. The first-order valence-corrected chi connectivity index (χ1v) is 7.95. The molecule has 134 valence electrons. The lowest BCUT2D eigenvalue weighted by Gasteiger charge is -2.29. The molecule has 1 N–H and O–H groups in total. The van der Waals surface area contributed by atoms with Crippen LogP contribution in [0.15, 0.2) is 24.3 Å². The van der Waals surface area contributed by atoms with E-state index in [1.165, 1.54) is 23.1 Å². The number of likely N-dealkylation sites (N-methyl/N-ethyl adjacent to an activating group) is 1. The Morgan fingerprint density at radius 3 is 2.58 bits per heavy atom. The van der Waals surface area contributed by atoms with Crippen LogP contribution in [0.4, 0.5) is 13.2 Å². The quantitative estimate of drug-likeness (QED) is 0.913. The van der Waals surface area contributed by atoms with Crippen LogP contribution < -0.4 is 0 Å². The largest absolute Gasteiger partial charge is 0.416 e. The minimum atomic E-state index is -4.49. The van der Waals surface area contributed by atoms with Crippen molar-refractivity contribution in [2.75, 3.05) is 20.1 Å². The molecule has 0 radical (unpaired) electrons. The molecule has 1 aromatic rings. The summed E-state index contributed by atoms with van der Waals surface area (Å²) in [5.74, 6) is -0.273. The molecule has 1 saturated heterocycles. The number of hydrogen-bond acceptors (Lipinski definition) is 3. The van der Waals surface area contributed by atoms with Gasteiger partial charge in [0.25, 0.3) is 0 Å². The monoisotopic (exact) mass is 344 g/mol. The second-order valence-corrected chi connectivity index (χ2v) is 6.55. The summed E-state index contributed by atoms with van der Waals surface area (Å²) in [6, 6.07) is 4.64. The molecule has 1 aromatic carbocycles. The Morgan fingerprint density at radius 2 is 2.00 bits per heavy atom. The van der Waals surface area contributed by atoms with E-state index in [0.29, 0.717) is 0 Å². The van der Waals surface area contributed by atoms with Crippen molar-refractivity contribution >= 4 is 5.91 Å². The van der Waals surface area contributed by atoms with Gasteiger partial charge in [-0.2, -0.15) is 13.2 Å². The van der Waals surface area contributed by atoms with Crippen molar-refractivity contribution in [3.05, 3.63) is 35.4 Å². The van der Waals surface area contributed by atoms with Crippen molar-refractivity contribution in [3.8, 4) is 0 Å². The first-order valence-electron chi connectivity index (χ1n) is 7.95. The third-order valence-corrected chi connectivity index (χ3v) is 4.49. The molecular weight excluding hydrogens is 321 g/mol. The van der Waals surface area contributed by atoms with E-state index in [1.54, 1.807) is 7.05 Å². The van der Waals surface area contributed by atoms with Crippen LogP contribution in [-0.4, -0.2) is 53.1 Å². The van der Waals surface area contributed by atoms with Crippen LogP contribution in [0.1, 0.15) is 37.4 Å². The minimum Gasteiger partial charge on any atom is -0.391 e. The van der Waals surface area contributed by atoms with Gasteiger partial charge in [0.2, 0.25) is 5.91 Å². The molecule has 2 rings (SSSR count). The number of nitrogens with zero attached hydrogens (tertiary/aromatic N) is 2. The Labute approximate surface area is 139 Å². The number of rotatable bonds is 4. The molecule has 1 aliphatic rings. The third-order valence-electron chi connectivity index (χ3n) is 4.49. The fourth-order valence-corrected chi connectivity index (χ4v) is 2.92. The van der Waals surface area contributed by atoms with Crippen molar-refractivity contribution in [1.82, 2.24) is 9.80 Å². The van der Waals surface area contributed by atoms with E-state index in [-0.39, 0.29) is 37.0 Å². The van der Waals surface area contributed by atoms with Gasteiger partial charge in [-0.1, -0.05) is 18.2 Å². The first kappa shape index (κ1) is 18.7. The molecule has 24 heavy (non-hydrogen) atoms. The third kappa shape index (κ3) is 4.08. The Balaban J connectivity index is 2.30. The van der Waals surface area contributed by atoms with Gasteiger partial charge in [-0.3, -0.25) is 9.69 Å². The van der Waals surface area contributed by atoms with Gasteiger partial charge in [0, 0.05) is 12.6 Å². The van der Waals surface area contributed by atoms with Crippen molar-refractivity contribution in [2.24, 2.45) is 0 Å². The topological polar surface area (TPSA) is 43.8 Å². The lowest BCUT2D eigenvalue weighted by molar-refractivity contribution is -0.140. The molecule has 1 amide bonds. The van der Waals surface area contributed by atoms with Crippen LogP contribution in [0.3, 0.4) is 0 Å². The van der Waals surface area contributed by atoms with Crippen molar-refractivity contribution in [2.45, 2.75) is 44.6 Å². The highest BCUT2D eigenvalue weighted by molar-refractivity contribution is 5.79. The SMILES string of the molecule is CC(C)N(C)CC(=O)N1C[C@@H](O)C[C@@H]1c1ccccc1C(F)(F)F. The predicted molar refractivity (Wildman–Crippen MR) is 84.3 cm³/mol. The number of halogens is 3. The van der Waals surface area contributed by atoms with Gasteiger partial charge in [-0.25, -0.2) is 0 Å². The molecule has 4 nitrogen and oxygen atoms in total. The molecule has 1 fully saturated rings. The van der Waals surface area contributed by atoms with Crippen LogP contribution in [0.2, 0.25) is 0 Å². The molecule has 0 aliphatic carbocycles. The maximum absolute atomic E-state index is 13.3. The fourth-order valence-electron chi connectivity index (χ4n) is 2.92. The highest BCUT2D eigenvalue weighted by Gasteiger charge is 2.41. The van der Waals surface area contributed by atoms with E-state index in [0.717, 1.165) is 6.07 Å². The van der Waals surface area contributed by atoms with Gasteiger partial charge in [-0.15, -0.1) is 0 Å². The lowest BCUT2D eigenvalue weighted by atomic mass is 9.97. The van der Waals surface area contributed by atoms with E-state index in [1.807, 2.05) is 18.7 Å². The predicted octanol–water partition coefficient (Wildman–Crippen LogP) is 2.68. The summed E-state index contributed by atoms with van der Waals surface area (Å²) in [5, 5.41) is 9.93. The molecule has 1 aliphatic heterocycles. The summed E-state index contributed by atoms with van der Waals surface area (Å²) in [5.41, 5.74) is -0.707. The molecule has 0 saturated carbocycles. The number of hydrogen-bond donors (Lipinski definition) is 1. The minimum absolute atomic E-state index is 0.0436. The number of amides is 1. The standard InChI is InChI=1S/C17H23F3N2O2/c1-11(2)21(3)10-16(24)22-9-12(23)8-15(22)13-6-4-5-7-14(13)17(18,19)20/h4-7,11-12,15,23H,8-10H2,1-3H3/t12-,15+/m0/s1. The Morgan fingerprint density at radius 1 is 1.38 bits per heavy atom. The zero-order valence-electron chi connectivity index (χ0n) is 14.0. The average Bonchev–Trinajstić information content (AvgIpc) is 2.88. The van der Waals surface area contributed by atoms with E-state index in [9.17, 15) is 23.1 Å². The number of alkyl halides is 3. The van der Waals surface area contributed by atoms with Crippen molar-refractivity contribution < 1.29 is 23.1 Å². The Kier molecular flexibility index (Phi) is 5.55. The molecule has 0 unspecified atom stereocenters. The molecule has 0 bridgehead atoms. The second kappa shape index (κ2) is 7.11. The van der Waals surface area contributed by atoms with Gasteiger partial charge in [0.1, 0.15) is 0 Å². The fraction of sp³-hybridized carbons (Fsp3) is 0.588. The first-order chi connectivity index (χ1) is 11.1. The summed E-state index contributed by atoms with van der Waals surface area (Å²) >= 11 is 0. The number of benzene rings is 1. The van der Waals surface area contributed by atoms with Crippen molar-refractivity contribution in [3.63, 3.8) is 0 Å². The number of aliphatic hydroxyl groups is 1. The number of carbonyl (C=O) groups excluding carboxylic acids is 1. The lowest BCUT2D eigenvalue weighted by Crippen LogP contribution is -2.41. The maximum atomic E-state index is 13.3. The summed E-state index contributed by atoms with van der Waals surface area (Å²) in [6.45, 7) is 4.03. The Hall–Kier alpha value is -1.60. The summed E-state index contributed by atoms with van der Waals surface area (Å²) in [6.07, 6.45) is -5.19. The summed E-state index contributed by atoms with van der Waals surface area (Å²) in [7, 11) is 1.79. The normalized spacial score (nSPS) is 21.8. The Bertz CT molecular complexity index is 589. The highest BCUT2D eigenvalue weighted by atomic mass is 19.4. The van der Waals surface area contributed by atoms with Gasteiger partial charge >= 0.3 is 6.18 Å². The van der Waals surface area contributed by atoms with Crippen LogP contribution in [0.5, 0.6) is 0 Å². The van der Waals surface area contributed by atoms with Gasteiger partial charge in [0.15, 0.2) is 0 Å².